The average Bonchev–Trinajstić information content (AvgIpc) is 3.04. The standard InChI is InChI=1S/C23H25N3O4S/c1-13-20-21(18-12-17(29-4)10-11-19(18)30-5)31-14(2)23(27)24-22(20)26(25-13)15-6-8-16(28-3)9-7-15/h6-12,14,21H,1-5H3,(H,24,27)/t14-,21-/m1/s1. The summed E-state index contributed by atoms with van der Waals surface area (Å²) in [5.41, 5.74) is 3.56. The molecule has 7 nitrogen and oxygen atoms in total. The molecule has 4 rings (SSSR count). The largest absolute Gasteiger partial charge is 0.497 e. The van der Waals surface area contributed by atoms with E-state index in [2.05, 4.69) is 5.32 Å². The number of aromatic nitrogens is 2. The zero-order valence-electron chi connectivity index (χ0n) is 18.1. The number of nitrogens with zero attached hydrogens (tertiary/aromatic N) is 2. The van der Waals surface area contributed by atoms with Crippen LogP contribution in [-0.2, 0) is 4.79 Å². The van der Waals surface area contributed by atoms with Crippen molar-refractivity contribution in [2.75, 3.05) is 26.6 Å². The van der Waals surface area contributed by atoms with Gasteiger partial charge in [0.1, 0.15) is 23.1 Å². The van der Waals surface area contributed by atoms with E-state index in [0.29, 0.717) is 5.82 Å². The quantitative estimate of drug-likeness (QED) is 0.636. The summed E-state index contributed by atoms with van der Waals surface area (Å²) >= 11 is 1.57. The third kappa shape index (κ3) is 3.83. The number of anilines is 1. The second-order valence-electron chi connectivity index (χ2n) is 7.21. The van der Waals surface area contributed by atoms with Gasteiger partial charge in [-0.1, -0.05) is 0 Å². The number of carbonyl (C=O) groups excluding carboxylic acids is 1. The molecule has 0 radical (unpaired) electrons. The van der Waals surface area contributed by atoms with E-state index < -0.39 is 0 Å². The van der Waals surface area contributed by atoms with Gasteiger partial charge in [-0.05, 0) is 56.3 Å². The van der Waals surface area contributed by atoms with E-state index in [4.69, 9.17) is 19.3 Å². The molecule has 1 aliphatic heterocycles. The number of rotatable bonds is 5. The summed E-state index contributed by atoms with van der Waals surface area (Å²) in [5.74, 6) is 2.83. The minimum Gasteiger partial charge on any atom is -0.497 e. The van der Waals surface area contributed by atoms with Crippen LogP contribution in [0.5, 0.6) is 17.2 Å². The predicted octanol–water partition coefficient (Wildman–Crippen LogP) is 4.37. The monoisotopic (exact) mass is 439 g/mol. The van der Waals surface area contributed by atoms with Crippen molar-refractivity contribution in [3.63, 3.8) is 0 Å². The Kier molecular flexibility index (Phi) is 5.82. The number of methoxy groups -OCH3 is 3. The van der Waals surface area contributed by atoms with Crippen LogP contribution in [0.15, 0.2) is 42.5 Å². The first-order chi connectivity index (χ1) is 15.0. The molecule has 2 heterocycles. The summed E-state index contributed by atoms with van der Waals surface area (Å²) in [6, 6.07) is 13.3. The van der Waals surface area contributed by atoms with Gasteiger partial charge in [-0.15, -0.1) is 11.8 Å². The molecular weight excluding hydrogens is 414 g/mol. The molecule has 0 unspecified atom stereocenters. The summed E-state index contributed by atoms with van der Waals surface area (Å²) in [4.78, 5) is 12.9. The van der Waals surface area contributed by atoms with Crippen molar-refractivity contribution in [2.24, 2.45) is 0 Å². The maximum Gasteiger partial charge on any atom is 0.238 e. The SMILES string of the molecule is COc1ccc(-n2nc(C)c3c2NC(=O)[C@@H](C)S[C@@H]3c2cc(OC)ccc2OC)cc1. The smallest absolute Gasteiger partial charge is 0.238 e. The molecule has 1 aromatic heterocycles. The van der Waals surface area contributed by atoms with E-state index >= 15 is 0 Å². The Morgan fingerprint density at radius 1 is 1.00 bits per heavy atom. The molecule has 31 heavy (non-hydrogen) atoms. The molecule has 0 saturated carbocycles. The molecule has 2 atom stereocenters. The lowest BCUT2D eigenvalue weighted by atomic mass is 10.0. The Balaban J connectivity index is 1.91. The molecule has 1 N–H and O–H groups in total. The number of fused-ring (bicyclic) bond motifs is 1. The van der Waals surface area contributed by atoms with Crippen LogP contribution in [-0.4, -0.2) is 42.3 Å². The predicted molar refractivity (Wildman–Crippen MR) is 122 cm³/mol. The zero-order chi connectivity index (χ0) is 22.1. The fraction of sp³-hybridized carbons (Fsp3) is 0.304. The van der Waals surface area contributed by atoms with Crippen molar-refractivity contribution in [1.29, 1.82) is 0 Å². The van der Waals surface area contributed by atoms with Gasteiger partial charge in [0.15, 0.2) is 0 Å². The number of benzene rings is 2. The Labute approximate surface area is 185 Å². The molecule has 2 aromatic carbocycles. The normalized spacial score (nSPS) is 18.0. The molecule has 0 aliphatic carbocycles. The van der Waals surface area contributed by atoms with Crippen molar-refractivity contribution < 1.29 is 19.0 Å². The Bertz CT molecular complexity index is 1110. The molecule has 8 heteroatoms. The van der Waals surface area contributed by atoms with Crippen LogP contribution in [0.25, 0.3) is 5.69 Å². The van der Waals surface area contributed by atoms with Crippen molar-refractivity contribution >= 4 is 23.5 Å². The highest BCUT2D eigenvalue weighted by molar-refractivity contribution is 8.01. The van der Waals surface area contributed by atoms with E-state index in [1.54, 1.807) is 37.8 Å². The molecule has 3 aromatic rings. The summed E-state index contributed by atoms with van der Waals surface area (Å²) < 4.78 is 18.2. The van der Waals surface area contributed by atoms with Crippen molar-refractivity contribution in [2.45, 2.75) is 24.3 Å². The van der Waals surface area contributed by atoms with Gasteiger partial charge in [-0.25, -0.2) is 4.68 Å². The van der Waals surface area contributed by atoms with Crippen LogP contribution < -0.4 is 19.5 Å². The molecule has 0 spiro atoms. The van der Waals surface area contributed by atoms with Crippen LogP contribution in [0.3, 0.4) is 0 Å². The van der Waals surface area contributed by atoms with Crippen LogP contribution in [0.1, 0.15) is 29.0 Å². The summed E-state index contributed by atoms with van der Waals surface area (Å²) in [6.07, 6.45) is 0. The van der Waals surface area contributed by atoms with Crippen molar-refractivity contribution in [3.05, 3.63) is 59.3 Å². The first-order valence-corrected chi connectivity index (χ1v) is 10.8. The number of thioether (sulfide) groups is 1. The molecule has 162 valence electrons. The number of nitrogens with one attached hydrogen (secondary N) is 1. The van der Waals surface area contributed by atoms with Crippen LogP contribution in [0, 0.1) is 6.92 Å². The highest BCUT2D eigenvalue weighted by Gasteiger charge is 2.35. The third-order valence-corrected chi connectivity index (χ3v) is 6.74. The Morgan fingerprint density at radius 3 is 2.32 bits per heavy atom. The van der Waals surface area contributed by atoms with Crippen LogP contribution in [0.4, 0.5) is 5.82 Å². The number of hydrogen-bond acceptors (Lipinski definition) is 6. The second-order valence-corrected chi connectivity index (χ2v) is 8.66. The van der Waals surface area contributed by atoms with E-state index in [1.165, 1.54) is 0 Å². The van der Waals surface area contributed by atoms with Crippen molar-refractivity contribution in [1.82, 2.24) is 9.78 Å². The first kappa shape index (κ1) is 21.1. The van der Waals surface area contributed by atoms with Gasteiger partial charge in [0, 0.05) is 11.1 Å². The molecule has 0 bridgehead atoms. The Morgan fingerprint density at radius 2 is 1.68 bits per heavy atom. The second kappa shape index (κ2) is 8.55. The van der Waals surface area contributed by atoms with Gasteiger partial charge in [0.2, 0.25) is 5.91 Å². The Hall–Kier alpha value is -3.13. The minimum atomic E-state index is -0.267. The van der Waals surface area contributed by atoms with Crippen LogP contribution in [0.2, 0.25) is 0 Å². The summed E-state index contributed by atoms with van der Waals surface area (Å²) in [5, 5.41) is 7.43. The lowest BCUT2D eigenvalue weighted by Crippen LogP contribution is -2.22. The topological polar surface area (TPSA) is 74.6 Å². The summed E-state index contributed by atoms with van der Waals surface area (Å²) in [6.45, 7) is 3.87. The molecule has 1 aliphatic rings. The number of carbonyl (C=O) groups is 1. The summed E-state index contributed by atoms with van der Waals surface area (Å²) in [7, 11) is 4.91. The molecule has 1 amide bonds. The molecule has 0 fully saturated rings. The highest BCUT2D eigenvalue weighted by Crippen LogP contribution is 2.49. The fourth-order valence-electron chi connectivity index (χ4n) is 3.71. The first-order valence-electron chi connectivity index (χ1n) is 9.89. The van der Waals surface area contributed by atoms with Gasteiger partial charge in [0.05, 0.1) is 43.2 Å². The molecule has 0 saturated heterocycles. The van der Waals surface area contributed by atoms with E-state index in [-0.39, 0.29) is 16.4 Å². The maximum absolute atomic E-state index is 12.9. The molecular formula is C23H25N3O4S. The third-order valence-electron chi connectivity index (χ3n) is 5.36. The minimum absolute atomic E-state index is 0.0646. The van der Waals surface area contributed by atoms with Gasteiger partial charge in [-0.3, -0.25) is 4.79 Å². The number of aryl methyl sites for hydroxylation is 1. The zero-order valence-corrected chi connectivity index (χ0v) is 18.9. The fourth-order valence-corrected chi connectivity index (χ4v) is 5.05. The van der Waals surface area contributed by atoms with E-state index in [1.807, 2.05) is 56.3 Å². The number of amides is 1. The van der Waals surface area contributed by atoms with Gasteiger partial charge >= 0.3 is 0 Å². The number of hydrogen-bond donors (Lipinski definition) is 1. The maximum atomic E-state index is 12.9. The highest BCUT2D eigenvalue weighted by atomic mass is 32.2. The van der Waals surface area contributed by atoms with Crippen molar-refractivity contribution in [3.8, 4) is 22.9 Å². The number of ether oxygens (including phenoxy) is 3. The lowest BCUT2D eigenvalue weighted by Gasteiger charge is -2.20. The average molecular weight is 440 g/mol. The van der Waals surface area contributed by atoms with E-state index in [0.717, 1.165) is 39.8 Å². The van der Waals surface area contributed by atoms with Crippen LogP contribution >= 0.6 is 11.8 Å². The van der Waals surface area contributed by atoms with Gasteiger partial charge in [0.25, 0.3) is 0 Å². The lowest BCUT2D eigenvalue weighted by molar-refractivity contribution is -0.115. The van der Waals surface area contributed by atoms with Gasteiger partial charge in [-0.2, -0.15) is 5.10 Å². The van der Waals surface area contributed by atoms with Gasteiger partial charge < -0.3 is 19.5 Å². The van der Waals surface area contributed by atoms with E-state index in [9.17, 15) is 4.79 Å².